The van der Waals surface area contributed by atoms with Crippen LogP contribution in [0.1, 0.15) is 29.9 Å². The first-order valence-electron chi connectivity index (χ1n) is 9.61. The number of aromatic nitrogens is 2. The van der Waals surface area contributed by atoms with Gasteiger partial charge in [-0.2, -0.15) is 0 Å². The molecule has 1 N–H and O–H groups in total. The minimum atomic E-state index is 0.202. The molecule has 0 aliphatic carbocycles. The zero-order valence-corrected chi connectivity index (χ0v) is 15.7. The summed E-state index contributed by atoms with van der Waals surface area (Å²) in [4.78, 5) is 23.1. The van der Waals surface area contributed by atoms with Gasteiger partial charge in [0.25, 0.3) is 0 Å². The second kappa shape index (κ2) is 8.21. The molecule has 1 atom stereocenters. The summed E-state index contributed by atoms with van der Waals surface area (Å²) >= 11 is 0. The lowest BCUT2D eigenvalue weighted by Crippen LogP contribution is -2.28. The van der Waals surface area contributed by atoms with Gasteiger partial charge in [-0.1, -0.05) is 18.2 Å². The molecule has 0 unspecified atom stereocenters. The fourth-order valence-corrected chi connectivity index (χ4v) is 3.74. The minimum absolute atomic E-state index is 0.202. The van der Waals surface area contributed by atoms with Crippen molar-refractivity contribution in [3.05, 3.63) is 78.2 Å². The average Bonchev–Trinajstić information content (AvgIpc) is 3.23. The van der Waals surface area contributed by atoms with Gasteiger partial charge in [0.1, 0.15) is 5.75 Å². The van der Waals surface area contributed by atoms with Crippen LogP contribution in [0.15, 0.2) is 67.1 Å². The van der Waals surface area contributed by atoms with E-state index in [1.165, 1.54) is 5.56 Å². The third kappa shape index (κ3) is 4.19. The number of aryl methyl sites for hydroxylation is 1. The molecule has 1 aromatic carbocycles. The summed E-state index contributed by atoms with van der Waals surface area (Å²) in [6, 6.07) is 15.1. The van der Waals surface area contributed by atoms with Crippen LogP contribution in [-0.4, -0.2) is 39.0 Å². The third-order valence-electron chi connectivity index (χ3n) is 5.29. The van der Waals surface area contributed by atoms with Crippen molar-refractivity contribution >= 4 is 5.91 Å². The molecule has 4 rings (SSSR count). The molecule has 0 radical (unpaired) electrons. The second-order valence-corrected chi connectivity index (χ2v) is 7.21. The molecule has 1 fully saturated rings. The van der Waals surface area contributed by atoms with Crippen molar-refractivity contribution in [2.45, 2.75) is 25.2 Å². The quantitative estimate of drug-likeness (QED) is 0.739. The molecule has 5 heteroatoms. The first kappa shape index (κ1) is 18.2. The van der Waals surface area contributed by atoms with E-state index in [0.29, 0.717) is 12.3 Å². The average molecular weight is 373 g/mol. The molecule has 28 heavy (non-hydrogen) atoms. The van der Waals surface area contributed by atoms with E-state index in [4.69, 9.17) is 0 Å². The van der Waals surface area contributed by atoms with Crippen molar-refractivity contribution in [1.29, 1.82) is 0 Å². The van der Waals surface area contributed by atoms with E-state index in [1.54, 1.807) is 18.3 Å². The summed E-state index contributed by atoms with van der Waals surface area (Å²) in [5.74, 6) is 0.756. The molecular weight excluding hydrogens is 350 g/mol. The smallest absolute Gasteiger partial charge is 0.222 e. The highest BCUT2D eigenvalue weighted by Gasteiger charge is 2.27. The third-order valence-corrected chi connectivity index (χ3v) is 5.29. The summed E-state index contributed by atoms with van der Waals surface area (Å²) in [7, 11) is 0. The number of carbonyl (C=O) groups is 1. The van der Waals surface area contributed by atoms with E-state index in [-0.39, 0.29) is 11.7 Å². The Labute approximate surface area is 164 Å². The lowest BCUT2D eigenvalue weighted by Gasteiger charge is -2.17. The Morgan fingerprint density at radius 1 is 1.14 bits per heavy atom. The van der Waals surface area contributed by atoms with Gasteiger partial charge in [-0.05, 0) is 54.3 Å². The summed E-state index contributed by atoms with van der Waals surface area (Å²) in [5.41, 5.74) is 4.02. The lowest BCUT2D eigenvalue weighted by atomic mass is 9.97. The highest BCUT2D eigenvalue weighted by Crippen LogP contribution is 2.30. The topological polar surface area (TPSA) is 66.3 Å². The predicted octanol–water partition coefficient (Wildman–Crippen LogP) is 3.80. The number of nitrogens with zero attached hydrogens (tertiary/aromatic N) is 3. The van der Waals surface area contributed by atoms with Gasteiger partial charge in [0.15, 0.2) is 0 Å². The molecule has 0 bridgehead atoms. The maximum absolute atomic E-state index is 12.6. The number of rotatable bonds is 5. The SMILES string of the molecule is O=C(CCc1cccnc1)N1CC[C@@H](c2ccnc(-c3cccc(O)c3)c2)C1. The van der Waals surface area contributed by atoms with Gasteiger partial charge in [-0.15, -0.1) is 0 Å². The number of pyridine rings is 2. The number of aromatic hydroxyl groups is 1. The Morgan fingerprint density at radius 2 is 2.07 bits per heavy atom. The fraction of sp³-hybridized carbons (Fsp3) is 0.261. The van der Waals surface area contributed by atoms with Gasteiger partial charge in [0.05, 0.1) is 5.69 Å². The van der Waals surface area contributed by atoms with Gasteiger partial charge in [-0.25, -0.2) is 0 Å². The number of benzene rings is 1. The lowest BCUT2D eigenvalue weighted by molar-refractivity contribution is -0.130. The molecule has 1 amide bonds. The monoisotopic (exact) mass is 373 g/mol. The van der Waals surface area contributed by atoms with Crippen molar-refractivity contribution in [2.75, 3.05) is 13.1 Å². The van der Waals surface area contributed by atoms with Crippen LogP contribution in [0.25, 0.3) is 11.3 Å². The molecule has 3 aromatic rings. The van der Waals surface area contributed by atoms with Crippen LogP contribution in [0.4, 0.5) is 0 Å². The molecule has 0 saturated carbocycles. The number of amides is 1. The molecule has 1 saturated heterocycles. The maximum Gasteiger partial charge on any atom is 0.222 e. The Hall–Kier alpha value is -3.21. The Balaban J connectivity index is 1.40. The van der Waals surface area contributed by atoms with Crippen LogP contribution in [0.5, 0.6) is 5.75 Å². The maximum atomic E-state index is 12.6. The van der Waals surface area contributed by atoms with E-state index >= 15 is 0 Å². The Bertz CT molecular complexity index is 959. The molecule has 142 valence electrons. The van der Waals surface area contributed by atoms with E-state index < -0.39 is 0 Å². The van der Waals surface area contributed by atoms with Gasteiger partial charge >= 0.3 is 0 Å². The van der Waals surface area contributed by atoms with Crippen LogP contribution in [-0.2, 0) is 11.2 Å². The zero-order chi connectivity index (χ0) is 19.3. The fourth-order valence-electron chi connectivity index (χ4n) is 3.74. The van der Waals surface area contributed by atoms with Crippen molar-refractivity contribution in [3.8, 4) is 17.0 Å². The molecule has 1 aliphatic rings. The second-order valence-electron chi connectivity index (χ2n) is 7.21. The summed E-state index contributed by atoms with van der Waals surface area (Å²) in [5, 5.41) is 9.71. The van der Waals surface area contributed by atoms with Crippen LogP contribution in [0.2, 0.25) is 0 Å². The first-order valence-corrected chi connectivity index (χ1v) is 9.61. The van der Waals surface area contributed by atoms with Crippen molar-refractivity contribution in [1.82, 2.24) is 14.9 Å². The molecule has 2 aromatic heterocycles. The van der Waals surface area contributed by atoms with Gasteiger partial charge in [-0.3, -0.25) is 14.8 Å². The minimum Gasteiger partial charge on any atom is -0.508 e. The number of carbonyl (C=O) groups excluding carboxylic acids is 1. The number of hydrogen-bond acceptors (Lipinski definition) is 4. The van der Waals surface area contributed by atoms with Crippen LogP contribution in [0, 0.1) is 0 Å². The summed E-state index contributed by atoms with van der Waals surface area (Å²) < 4.78 is 0. The van der Waals surface area contributed by atoms with Crippen molar-refractivity contribution < 1.29 is 9.90 Å². The van der Waals surface area contributed by atoms with Gasteiger partial charge < -0.3 is 10.0 Å². The molecule has 5 nitrogen and oxygen atoms in total. The normalized spacial score (nSPS) is 16.3. The molecular formula is C23H23N3O2. The highest BCUT2D eigenvalue weighted by molar-refractivity contribution is 5.77. The van der Waals surface area contributed by atoms with E-state index in [9.17, 15) is 9.90 Å². The number of hydrogen-bond donors (Lipinski definition) is 1. The first-order chi connectivity index (χ1) is 13.7. The van der Waals surface area contributed by atoms with Gasteiger partial charge in [0, 0.05) is 49.6 Å². The number of phenolic OH excluding ortho intramolecular Hbond substituents is 1. The van der Waals surface area contributed by atoms with Crippen molar-refractivity contribution in [2.24, 2.45) is 0 Å². The van der Waals surface area contributed by atoms with E-state index in [0.717, 1.165) is 42.8 Å². The van der Waals surface area contributed by atoms with E-state index in [1.807, 2.05) is 47.6 Å². The highest BCUT2D eigenvalue weighted by atomic mass is 16.3. The molecule has 1 aliphatic heterocycles. The summed E-state index contributed by atoms with van der Waals surface area (Å²) in [6.45, 7) is 1.54. The Kier molecular flexibility index (Phi) is 5.33. The van der Waals surface area contributed by atoms with E-state index in [2.05, 4.69) is 16.0 Å². The van der Waals surface area contributed by atoms with Crippen molar-refractivity contribution in [3.63, 3.8) is 0 Å². The number of phenols is 1. The number of likely N-dealkylation sites (tertiary alicyclic amines) is 1. The summed E-state index contributed by atoms with van der Waals surface area (Å²) in [6.07, 6.45) is 7.58. The van der Waals surface area contributed by atoms with Gasteiger partial charge in [0.2, 0.25) is 5.91 Å². The predicted molar refractivity (Wildman–Crippen MR) is 108 cm³/mol. The van der Waals surface area contributed by atoms with Crippen LogP contribution < -0.4 is 0 Å². The molecule has 0 spiro atoms. The largest absolute Gasteiger partial charge is 0.508 e. The zero-order valence-electron chi connectivity index (χ0n) is 15.7. The molecule has 3 heterocycles. The van der Waals surface area contributed by atoms with Crippen LogP contribution >= 0.6 is 0 Å². The Morgan fingerprint density at radius 3 is 2.89 bits per heavy atom. The van der Waals surface area contributed by atoms with Crippen LogP contribution in [0.3, 0.4) is 0 Å². The standard InChI is InChI=1S/C23H23N3O2/c27-21-5-1-4-19(13-21)22-14-18(8-11-25-22)20-9-12-26(16-20)23(28)7-6-17-3-2-10-24-15-17/h1-5,8,10-11,13-15,20,27H,6-7,9,12,16H2/t20-/m1/s1.